The fourth-order valence-electron chi connectivity index (χ4n) is 7.03. The van der Waals surface area contributed by atoms with Gasteiger partial charge < -0.3 is 20.1 Å². The third-order valence-corrected chi connectivity index (χ3v) is 8.10. The van der Waals surface area contributed by atoms with Gasteiger partial charge in [-0.15, -0.1) is 0 Å². The molecule has 4 aliphatic carbocycles. The Kier molecular flexibility index (Phi) is 5.08. The molecule has 5 aliphatic rings. The molecule has 6 rings (SSSR count). The summed E-state index contributed by atoms with van der Waals surface area (Å²) in [7, 11) is 1.32. The van der Waals surface area contributed by atoms with Crippen LogP contribution in [-0.4, -0.2) is 48.7 Å². The number of rotatable bonds is 6. The van der Waals surface area contributed by atoms with Crippen molar-refractivity contribution in [1.82, 2.24) is 4.90 Å². The van der Waals surface area contributed by atoms with Crippen molar-refractivity contribution in [3.63, 3.8) is 0 Å². The minimum Gasteiger partial charge on any atom is -0.466 e. The smallest absolute Gasteiger partial charge is 0.337 e. The van der Waals surface area contributed by atoms with Gasteiger partial charge in [0.1, 0.15) is 5.70 Å². The lowest BCUT2D eigenvalue weighted by atomic mass is 9.48. The summed E-state index contributed by atoms with van der Waals surface area (Å²) in [6.45, 7) is 2.22. The number of anilines is 1. The fourth-order valence-corrected chi connectivity index (χ4v) is 7.03. The number of ether oxygens (including phenoxy) is 1. The number of aryl methyl sites for hydroxylation is 1. The average Bonchev–Trinajstić information content (AvgIpc) is 3.04. The molecule has 0 unspecified atom stereocenters. The number of benzene rings is 1. The van der Waals surface area contributed by atoms with Crippen LogP contribution >= 0.6 is 0 Å². The maximum Gasteiger partial charge on any atom is 0.337 e. The van der Waals surface area contributed by atoms with Crippen LogP contribution in [0.3, 0.4) is 0 Å². The highest BCUT2D eigenvalue weighted by Crippen LogP contribution is 2.60. The van der Waals surface area contributed by atoms with Crippen molar-refractivity contribution in [3.05, 3.63) is 40.6 Å². The Morgan fingerprint density at radius 2 is 1.84 bits per heavy atom. The number of hydrogen-bond acceptors (Lipinski definition) is 5. The van der Waals surface area contributed by atoms with E-state index in [0.717, 1.165) is 29.0 Å². The van der Waals surface area contributed by atoms with Crippen LogP contribution in [0, 0.1) is 24.7 Å². The first-order valence-electron chi connectivity index (χ1n) is 11.5. The number of hydrogen-bond donors (Lipinski definition) is 2. The van der Waals surface area contributed by atoms with Crippen molar-refractivity contribution in [1.29, 1.82) is 0 Å². The second-order valence-corrected chi connectivity index (χ2v) is 10.1. The van der Waals surface area contributed by atoms with Crippen LogP contribution in [0.2, 0.25) is 0 Å². The summed E-state index contributed by atoms with van der Waals surface area (Å²) in [6, 6.07) is 6.63. The van der Waals surface area contributed by atoms with Gasteiger partial charge in [-0.25, -0.2) is 4.79 Å². The molecule has 1 aromatic rings. The molecule has 0 saturated heterocycles. The third kappa shape index (κ3) is 3.45. The van der Waals surface area contributed by atoms with E-state index in [1.807, 2.05) is 6.92 Å². The first kappa shape index (κ1) is 20.6. The van der Waals surface area contributed by atoms with E-state index in [-0.39, 0.29) is 36.7 Å². The molecule has 166 valence electrons. The molecule has 0 radical (unpaired) electrons. The van der Waals surface area contributed by atoms with E-state index in [1.165, 1.54) is 56.1 Å². The number of esters is 1. The van der Waals surface area contributed by atoms with Crippen molar-refractivity contribution in [3.8, 4) is 0 Å². The van der Waals surface area contributed by atoms with Crippen LogP contribution < -0.4 is 5.32 Å². The van der Waals surface area contributed by atoms with E-state index >= 15 is 0 Å². The number of nitrogens with zero attached hydrogens (tertiary/aromatic N) is 1. The summed E-state index contributed by atoms with van der Waals surface area (Å²) >= 11 is 0. The lowest BCUT2D eigenvalue weighted by Gasteiger charge is -2.57. The molecular weight excluding hydrogens is 392 g/mol. The minimum absolute atomic E-state index is 0.145. The number of aliphatic hydroxyl groups is 1. The number of carbonyl (C=O) groups is 2. The van der Waals surface area contributed by atoms with E-state index in [4.69, 9.17) is 4.74 Å². The molecular formula is C25H32N2O4. The maximum atomic E-state index is 12.9. The minimum atomic E-state index is -0.508. The number of carbonyl (C=O) groups excluding carboxylic acids is 2. The van der Waals surface area contributed by atoms with Crippen molar-refractivity contribution in [2.45, 2.75) is 50.9 Å². The maximum absolute atomic E-state index is 12.9. The third-order valence-electron chi connectivity index (χ3n) is 8.10. The highest BCUT2D eigenvalue weighted by atomic mass is 16.5. The summed E-state index contributed by atoms with van der Waals surface area (Å²) in [5, 5.41) is 12.6. The molecule has 4 saturated carbocycles. The Bertz CT molecular complexity index is 916. The average molecular weight is 425 g/mol. The molecule has 0 spiro atoms. The van der Waals surface area contributed by atoms with Crippen LogP contribution in [-0.2, 0) is 19.7 Å². The van der Waals surface area contributed by atoms with Gasteiger partial charge >= 0.3 is 5.97 Å². The lowest BCUT2D eigenvalue weighted by Crippen LogP contribution is -2.48. The summed E-state index contributed by atoms with van der Waals surface area (Å²) in [6.07, 6.45) is 8.05. The SMILES string of the molecule is COC(=O)C1=C(Nc2cc(C34CC5CC(CC(C5)C3)C4)ccc2C)C(=O)N(CCO)C1. The normalized spacial score (nSPS) is 31.5. The van der Waals surface area contributed by atoms with Gasteiger partial charge in [-0.2, -0.15) is 0 Å². The van der Waals surface area contributed by atoms with Crippen LogP contribution in [0.25, 0.3) is 0 Å². The number of β-amino-alcohol motifs (C(OH)–C–C–N with tert-alkyl or cyclic N) is 1. The van der Waals surface area contributed by atoms with Gasteiger partial charge in [-0.1, -0.05) is 12.1 Å². The molecule has 6 heteroatoms. The van der Waals surface area contributed by atoms with Gasteiger partial charge in [0.15, 0.2) is 0 Å². The Balaban J connectivity index is 1.47. The number of nitrogens with one attached hydrogen (secondary N) is 1. The summed E-state index contributed by atoms with van der Waals surface area (Å²) in [5.74, 6) is 1.81. The van der Waals surface area contributed by atoms with E-state index in [2.05, 4.69) is 23.5 Å². The first-order valence-corrected chi connectivity index (χ1v) is 11.5. The van der Waals surface area contributed by atoms with Gasteiger partial charge in [0.05, 0.1) is 25.8 Å². The molecule has 6 nitrogen and oxygen atoms in total. The van der Waals surface area contributed by atoms with E-state index in [0.29, 0.717) is 5.57 Å². The molecule has 1 aromatic carbocycles. The quantitative estimate of drug-likeness (QED) is 0.686. The molecule has 4 bridgehead atoms. The van der Waals surface area contributed by atoms with E-state index in [9.17, 15) is 14.7 Å². The Labute approximate surface area is 183 Å². The zero-order valence-corrected chi connectivity index (χ0v) is 18.4. The van der Waals surface area contributed by atoms with Crippen molar-refractivity contribution in [2.75, 3.05) is 32.1 Å². The Morgan fingerprint density at radius 1 is 1.19 bits per heavy atom. The number of amides is 1. The van der Waals surface area contributed by atoms with E-state index in [1.54, 1.807) is 0 Å². The second-order valence-electron chi connectivity index (χ2n) is 10.1. The number of aliphatic hydroxyl groups excluding tert-OH is 1. The van der Waals surface area contributed by atoms with Gasteiger partial charge in [0.2, 0.25) is 0 Å². The molecule has 1 aliphatic heterocycles. The van der Waals surface area contributed by atoms with Crippen LogP contribution in [0.4, 0.5) is 5.69 Å². The lowest BCUT2D eigenvalue weighted by molar-refractivity contribution is -0.136. The fraction of sp³-hybridized carbons (Fsp3) is 0.600. The van der Waals surface area contributed by atoms with Gasteiger partial charge in [0.25, 0.3) is 5.91 Å². The zero-order valence-electron chi connectivity index (χ0n) is 18.4. The molecule has 4 fully saturated rings. The van der Waals surface area contributed by atoms with Crippen LogP contribution in [0.15, 0.2) is 29.5 Å². The highest BCUT2D eigenvalue weighted by molar-refractivity contribution is 6.08. The predicted octanol–water partition coefficient (Wildman–Crippen LogP) is 3.14. The zero-order chi connectivity index (χ0) is 21.8. The van der Waals surface area contributed by atoms with Crippen molar-refractivity contribution in [2.24, 2.45) is 17.8 Å². The van der Waals surface area contributed by atoms with Gasteiger partial charge in [-0.3, -0.25) is 4.79 Å². The molecule has 31 heavy (non-hydrogen) atoms. The van der Waals surface area contributed by atoms with Gasteiger partial charge in [0, 0.05) is 12.2 Å². The monoisotopic (exact) mass is 424 g/mol. The summed E-state index contributed by atoms with van der Waals surface area (Å²) in [4.78, 5) is 26.7. The van der Waals surface area contributed by atoms with Crippen molar-refractivity contribution < 1.29 is 19.4 Å². The van der Waals surface area contributed by atoms with E-state index < -0.39 is 5.97 Å². The number of methoxy groups -OCH3 is 1. The Hall–Kier alpha value is -2.34. The molecule has 2 N–H and O–H groups in total. The van der Waals surface area contributed by atoms with Crippen molar-refractivity contribution >= 4 is 17.6 Å². The molecule has 1 heterocycles. The van der Waals surface area contributed by atoms with Crippen LogP contribution in [0.1, 0.15) is 49.7 Å². The standard InChI is InChI=1S/C25H32N2O4/c1-15-3-4-19(25-11-16-7-17(12-25)9-18(8-16)13-25)10-21(15)26-22-20(24(30)31-2)14-27(5-6-28)23(22)29/h3-4,10,16-18,26,28H,5-9,11-14H2,1-2H3. The second kappa shape index (κ2) is 7.66. The predicted molar refractivity (Wildman–Crippen MR) is 117 cm³/mol. The molecule has 0 aromatic heterocycles. The highest BCUT2D eigenvalue weighted by Gasteiger charge is 2.51. The van der Waals surface area contributed by atoms with Gasteiger partial charge in [-0.05, 0) is 85.8 Å². The van der Waals surface area contributed by atoms with Crippen LogP contribution in [0.5, 0.6) is 0 Å². The first-order chi connectivity index (χ1) is 14.9. The molecule has 1 amide bonds. The molecule has 0 atom stereocenters. The summed E-state index contributed by atoms with van der Waals surface area (Å²) in [5.41, 5.74) is 4.15. The Morgan fingerprint density at radius 3 is 2.42 bits per heavy atom. The largest absolute Gasteiger partial charge is 0.466 e. The topological polar surface area (TPSA) is 78.9 Å². The summed E-state index contributed by atoms with van der Waals surface area (Å²) < 4.78 is 4.92.